The van der Waals surface area contributed by atoms with E-state index in [0.29, 0.717) is 27.6 Å². The first-order valence-electron chi connectivity index (χ1n) is 6.21. The minimum absolute atomic E-state index is 0.190. The molecule has 6 heteroatoms. The van der Waals surface area contributed by atoms with E-state index in [0.717, 1.165) is 0 Å². The van der Waals surface area contributed by atoms with Crippen molar-refractivity contribution in [2.75, 3.05) is 25.1 Å². The summed E-state index contributed by atoms with van der Waals surface area (Å²) >= 11 is 6.02. The van der Waals surface area contributed by atoms with Crippen LogP contribution >= 0.6 is 11.6 Å². The van der Waals surface area contributed by atoms with Crippen molar-refractivity contribution in [2.24, 2.45) is 0 Å². The Kier molecular flexibility index (Phi) is 4.33. The van der Waals surface area contributed by atoms with E-state index in [1.165, 1.54) is 23.1 Å². The molecule has 0 aliphatic carbocycles. The number of hydrogen-bond donors (Lipinski definition) is 2. The van der Waals surface area contributed by atoms with Gasteiger partial charge in [0.15, 0.2) is 0 Å². The molecule has 4 nitrogen and oxygen atoms in total. The molecule has 0 aromatic heterocycles. The van der Waals surface area contributed by atoms with Crippen molar-refractivity contribution < 1.29 is 9.18 Å². The van der Waals surface area contributed by atoms with Crippen LogP contribution in [0, 0.1) is 5.82 Å². The van der Waals surface area contributed by atoms with Crippen LogP contribution in [-0.4, -0.2) is 24.9 Å². The highest BCUT2D eigenvalue weighted by atomic mass is 35.5. The zero-order chi connectivity index (χ0) is 15.6. The van der Waals surface area contributed by atoms with Gasteiger partial charge in [0.25, 0.3) is 5.91 Å². The van der Waals surface area contributed by atoms with E-state index in [4.69, 9.17) is 17.3 Å². The lowest BCUT2D eigenvalue weighted by atomic mass is 10.1. The smallest absolute Gasteiger partial charge is 0.255 e. The topological polar surface area (TPSA) is 58.4 Å². The fourth-order valence-electron chi connectivity index (χ4n) is 1.83. The second kappa shape index (κ2) is 6.01. The maximum absolute atomic E-state index is 13.3. The van der Waals surface area contributed by atoms with Crippen molar-refractivity contribution in [1.29, 1.82) is 0 Å². The molecule has 0 saturated heterocycles. The van der Waals surface area contributed by atoms with Crippen molar-refractivity contribution in [1.82, 2.24) is 4.90 Å². The number of carbonyl (C=O) groups excluding carboxylic acids is 1. The molecule has 0 radical (unpaired) electrons. The van der Waals surface area contributed by atoms with Crippen LogP contribution in [0.1, 0.15) is 10.4 Å². The normalized spacial score (nSPS) is 10.3. The van der Waals surface area contributed by atoms with Gasteiger partial charge in [0.2, 0.25) is 0 Å². The van der Waals surface area contributed by atoms with Gasteiger partial charge in [0, 0.05) is 19.8 Å². The Balaban J connectivity index is 2.45. The van der Waals surface area contributed by atoms with Gasteiger partial charge in [-0.1, -0.05) is 11.6 Å². The SMILES string of the molecule is CN(C)C(=O)c1ccc(N)cc1Nc1cc(F)ccc1Cl. The van der Waals surface area contributed by atoms with Crippen LogP contribution in [0.25, 0.3) is 0 Å². The third kappa shape index (κ3) is 3.44. The van der Waals surface area contributed by atoms with Gasteiger partial charge in [0.1, 0.15) is 5.82 Å². The van der Waals surface area contributed by atoms with E-state index < -0.39 is 5.82 Å². The van der Waals surface area contributed by atoms with Gasteiger partial charge in [-0.15, -0.1) is 0 Å². The lowest BCUT2D eigenvalue weighted by molar-refractivity contribution is 0.0828. The summed E-state index contributed by atoms with van der Waals surface area (Å²) in [5.74, 6) is -0.615. The van der Waals surface area contributed by atoms with Crippen molar-refractivity contribution in [3.8, 4) is 0 Å². The van der Waals surface area contributed by atoms with Crippen LogP contribution in [-0.2, 0) is 0 Å². The number of anilines is 3. The van der Waals surface area contributed by atoms with Crippen LogP contribution in [0.5, 0.6) is 0 Å². The summed E-state index contributed by atoms with van der Waals surface area (Å²) in [6.07, 6.45) is 0. The van der Waals surface area contributed by atoms with E-state index in [1.54, 1.807) is 32.3 Å². The number of nitrogens with one attached hydrogen (secondary N) is 1. The molecule has 0 aliphatic rings. The van der Waals surface area contributed by atoms with Crippen molar-refractivity contribution >= 4 is 34.6 Å². The molecule has 2 rings (SSSR count). The van der Waals surface area contributed by atoms with E-state index in [2.05, 4.69) is 5.32 Å². The number of carbonyl (C=O) groups is 1. The van der Waals surface area contributed by atoms with Crippen LogP contribution in [0.2, 0.25) is 5.02 Å². The predicted molar refractivity (Wildman–Crippen MR) is 83.6 cm³/mol. The molecule has 2 aromatic rings. The Bertz CT molecular complexity index is 689. The molecular formula is C15H15ClFN3O. The second-order valence-electron chi connectivity index (χ2n) is 4.75. The number of hydrogen-bond acceptors (Lipinski definition) is 3. The fourth-order valence-corrected chi connectivity index (χ4v) is 2.00. The lowest BCUT2D eigenvalue weighted by Gasteiger charge is -2.16. The number of rotatable bonds is 3. The molecule has 3 N–H and O–H groups in total. The van der Waals surface area contributed by atoms with E-state index in [-0.39, 0.29) is 5.91 Å². The third-order valence-electron chi connectivity index (χ3n) is 2.88. The largest absolute Gasteiger partial charge is 0.399 e. The molecule has 0 bridgehead atoms. The van der Waals surface area contributed by atoms with Gasteiger partial charge in [-0.05, 0) is 36.4 Å². The number of halogens is 2. The maximum Gasteiger partial charge on any atom is 0.255 e. The zero-order valence-corrected chi connectivity index (χ0v) is 12.4. The Morgan fingerprint density at radius 3 is 2.57 bits per heavy atom. The molecule has 0 aliphatic heterocycles. The summed E-state index contributed by atoms with van der Waals surface area (Å²) < 4.78 is 13.3. The second-order valence-corrected chi connectivity index (χ2v) is 5.16. The standard InChI is InChI=1S/C15H15ClFN3O/c1-20(2)15(21)11-5-4-10(18)8-13(11)19-14-7-9(17)3-6-12(14)16/h3-8,19H,18H2,1-2H3. The average molecular weight is 308 g/mol. The zero-order valence-electron chi connectivity index (χ0n) is 11.7. The van der Waals surface area contributed by atoms with Gasteiger partial charge in [0.05, 0.1) is 22.0 Å². The Morgan fingerprint density at radius 1 is 1.19 bits per heavy atom. The summed E-state index contributed by atoms with van der Waals surface area (Å²) in [4.78, 5) is 13.6. The molecule has 0 heterocycles. The first-order chi connectivity index (χ1) is 9.88. The van der Waals surface area contributed by atoms with Crippen LogP contribution in [0.4, 0.5) is 21.5 Å². The van der Waals surface area contributed by atoms with Gasteiger partial charge in [-0.25, -0.2) is 4.39 Å². The Labute approximate surface area is 127 Å². The lowest BCUT2D eigenvalue weighted by Crippen LogP contribution is -2.22. The Morgan fingerprint density at radius 2 is 1.90 bits per heavy atom. The van der Waals surface area contributed by atoms with Gasteiger partial charge in [-0.3, -0.25) is 4.79 Å². The van der Waals surface area contributed by atoms with Crippen molar-refractivity contribution in [2.45, 2.75) is 0 Å². The number of nitrogen functional groups attached to an aromatic ring is 1. The average Bonchev–Trinajstić information content (AvgIpc) is 2.42. The highest BCUT2D eigenvalue weighted by Crippen LogP contribution is 2.29. The molecule has 110 valence electrons. The van der Waals surface area contributed by atoms with Crippen LogP contribution < -0.4 is 11.1 Å². The fraction of sp³-hybridized carbons (Fsp3) is 0.133. The molecule has 0 atom stereocenters. The quantitative estimate of drug-likeness (QED) is 0.853. The molecule has 0 saturated carbocycles. The Hall–Kier alpha value is -2.27. The van der Waals surface area contributed by atoms with E-state index >= 15 is 0 Å². The van der Waals surface area contributed by atoms with E-state index in [9.17, 15) is 9.18 Å². The number of nitrogens with zero attached hydrogens (tertiary/aromatic N) is 1. The molecule has 0 spiro atoms. The molecule has 1 amide bonds. The van der Waals surface area contributed by atoms with Gasteiger partial charge < -0.3 is 16.0 Å². The number of amides is 1. The predicted octanol–water partition coefficient (Wildman–Crippen LogP) is 3.51. The van der Waals surface area contributed by atoms with Gasteiger partial charge >= 0.3 is 0 Å². The van der Waals surface area contributed by atoms with Crippen LogP contribution in [0.15, 0.2) is 36.4 Å². The number of nitrogens with two attached hydrogens (primary N) is 1. The molecule has 0 fully saturated rings. The minimum atomic E-state index is -0.425. The highest BCUT2D eigenvalue weighted by Gasteiger charge is 2.15. The molecule has 2 aromatic carbocycles. The maximum atomic E-state index is 13.3. The minimum Gasteiger partial charge on any atom is -0.399 e. The first kappa shape index (κ1) is 15.1. The summed E-state index contributed by atoms with van der Waals surface area (Å²) in [7, 11) is 3.30. The van der Waals surface area contributed by atoms with Gasteiger partial charge in [-0.2, -0.15) is 0 Å². The third-order valence-corrected chi connectivity index (χ3v) is 3.21. The monoisotopic (exact) mass is 307 g/mol. The number of benzene rings is 2. The first-order valence-corrected chi connectivity index (χ1v) is 6.59. The summed E-state index contributed by atoms with van der Waals surface area (Å²) in [5, 5.41) is 3.31. The molecule has 0 unspecified atom stereocenters. The highest BCUT2D eigenvalue weighted by molar-refractivity contribution is 6.33. The van der Waals surface area contributed by atoms with Crippen molar-refractivity contribution in [3.05, 3.63) is 52.8 Å². The van der Waals surface area contributed by atoms with Crippen molar-refractivity contribution in [3.63, 3.8) is 0 Å². The molecular weight excluding hydrogens is 293 g/mol. The van der Waals surface area contributed by atoms with Crippen LogP contribution in [0.3, 0.4) is 0 Å². The summed E-state index contributed by atoms with van der Waals surface area (Å²) in [6.45, 7) is 0. The molecule has 21 heavy (non-hydrogen) atoms. The van der Waals surface area contributed by atoms with E-state index in [1.807, 2.05) is 0 Å². The summed E-state index contributed by atoms with van der Waals surface area (Å²) in [6, 6.07) is 8.83. The summed E-state index contributed by atoms with van der Waals surface area (Å²) in [5.41, 5.74) is 7.51.